The summed E-state index contributed by atoms with van der Waals surface area (Å²) in [5.74, 6) is 2.68. The predicted octanol–water partition coefficient (Wildman–Crippen LogP) is 4.71. The molecule has 0 aliphatic carbocycles. The van der Waals surface area contributed by atoms with Crippen LogP contribution in [0.2, 0.25) is 0 Å². The maximum atomic E-state index is 12.8. The van der Waals surface area contributed by atoms with Crippen LogP contribution in [0.4, 0.5) is 5.69 Å². The molecule has 0 spiro atoms. The molecular weight excluding hydrogens is 394 g/mol. The Labute approximate surface area is 180 Å². The highest BCUT2D eigenvalue weighted by atomic mass is 32.1. The number of carbonyl (C=O) groups excluding carboxylic acids is 1. The molecule has 3 heterocycles. The van der Waals surface area contributed by atoms with Crippen LogP contribution in [0.5, 0.6) is 11.5 Å². The number of aliphatic imine (C=N–C) groups is 1. The average molecular weight is 418 g/mol. The maximum Gasteiger partial charge on any atom is 0.228 e. The second-order valence-electron chi connectivity index (χ2n) is 7.64. The van der Waals surface area contributed by atoms with E-state index in [1.165, 1.54) is 0 Å². The van der Waals surface area contributed by atoms with Gasteiger partial charge in [-0.25, -0.2) is 4.99 Å². The van der Waals surface area contributed by atoms with Crippen LogP contribution in [-0.2, 0) is 11.2 Å². The summed E-state index contributed by atoms with van der Waals surface area (Å²) in [4.78, 5) is 23.2. The summed E-state index contributed by atoms with van der Waals surface area (Å²) >= 11 is 1.64. The molecule has 5 nitrogen and oxygen atoms in total. The maximum absolute atomic E-state index is 12.8. The lowest BCUT2D eigenvalue weighted by molar-refractivity contribution is -0.134. The predicted molar refractivity (Wildman–Crippen MR) is 120 cm³/mol. The van der Waals surface area contributed by atoms with E-state index in [-0.39, 0.29) is 11.9 Å². The van der Waals surface area contributed by atoms with Gasteiger partial charge in [-0.2, -0.15) is 0 Å². The molecule has 1 saturated heterocycles. The van der Waals surface area contributed by atoms with Gasteiger partial charge in [-0.05, 0) is 42.6 Å². The fourth-order valence-electron chi connectivity index (χ4n) is 4.09. The van der Waals surface area contributed by atoms with E-state index in [4.69, 9.17) is 9.73 Å². The minimum Gasteiger partial charge on any atom is -0.454 e. The van der Waals surface area contributed by atoms with Crippen LogP contribution in [0.25, 0.3) is 0 Å². The van der Waals surface area contributed by atoms with Gasteiger partial charge < -0.3 is 14.5 Å². The molecule has 1 fully saturated rings. The highest BCUT2D eigenvalue weighted by molar-refractivity contribution is 7.10. The minimum absolute atomic E-state index is 0.112. The Morgan fingerprint density at radius 1 is 1.07 bits per heavy atom. The van der Waals surface area contributed by atoms with E-state index >= 15 is 0 Å². The van der Waals surface area contributed by atoms with Crippen molar-refractivity contribution in [2.75, 3.05) is 19.6 Å². The molecule has 1 aromatic heterocycles. The van der Waals surface area contributed by atoms with E-state index in [9.17, 15) is 4.79 Å². The number of thiophene rings is 1. The molecular formula is C24H23N3O2S. The van der Waals surface area contributed by atoms with E-state index in [0.29, 0.717) is 13.0 Å². The smallest absolute Gasteiger partial charge is 0.228 e. The summed E-state index contributed by atoms with van der Waals surface area (Å²) in [6.45, 7) is 4.29. The Bertz CT molecular complexity index is 1090. The molecule has 0 radical (unpaired) electrons. The Morgan fingerprint density at radius 3 is 2.67 bits per heavy atom. The first-order valence-corrected chi connectivity index (χ1v) is 11.1. The normalized spacial score (nSPS) is 18.0. The lowest BCUT2D eigenvalue weighted by atomic mass is 10.1. The van der Waals surface area contributed by atoms with Crippen molar-refractivity contribution < 1.29 is 9.53 Å². The van der Waals surface area contributed by atoms with E-state index in [1.807, 2.05) is 64.9 Å². The summed E-state index contributed by atoms with van der Waals surface area (Å²) in [7, 11) is 0. The first kappa shape index (κ1) is 18.9. The average Bonchev–Trinajstić information content (AvgIpc) is 3.20. The molecule has 30 heavy (non-hydrogen) atoms. The number of rotatable bonds is 2. The third-order valence-corrected chi connectivity index (χ3v) is 6.47. The van der Waals surface area contributed by atoms with Crippen molar-refractivity contribution >= 4 is 28.8 Å². The number of fused-ring (bicyclic) bond motifs is 2. The van der Waals surface area contributed by atoms with Gasteiger partial charge in [-0.3, -0.25) is 4.79 Å². The molecule has 5 rings (SSSR count). The number of hydrogen-bond acceptors (Lipinski definition) is 5. The fourth-order valence-corrected chi connectivity index (χ4v) is 4.79. The van der Waals surface area contributed by atoms with E-state index in [2.05, 4.69) is 17.9 Å². The third-order valence-electron chi connectivity index (χ3n) is 5.59. The second kappa shape index (κ2) is 7.95. The van der Waals surface area contributed by atoms with Crippen molar-refractivity contribution in [3.63, 3.8) is 0 Å². The van der Waals surface area contributed by atoms with Crippen molar-refractivity contribution in [3.05, 3.63) is 76.5 Å². The second-order valence-corrected chi connectivity index (χ2v) is 8.67. The molecule has 1 amide bonds. The first-order valence-electron chi connectivity index (χ1n) is 10.2. The zero-order valence-corrected chi connectivity index (χ0v) is 17.6. The molecule has 2 aliphatic heterocycles. The molecule has 152 valence electrons. The summed E-state index contributed by atoms with van der Waals surface area (Å²) < 4.78 is 6.16. The molecule has 0 bridgehead atoms. The van der Waals surface area contributed by atoms with Crippen LogP contribution < -0.4 is 4.74 Å². The topological polar surface area (TPSA) is 45.1 Å². The van der Waals surface area contributed by atoms with Crippen molar-refractivity contribution in [2.45, 2.75) is 19.4 Å². The Morgan fingerprint density at radius 2 is 1.87 bits per heavy atom. The van der Waals surface area contributed by atoms with Crippen molar-refractivity contribution in [2.24, 2.45) is 4.99 Å². The highest BCUT2D eigenvalue weighted by Gasteiger charge is 2.31. The number of amidine groups is 1. The van der Waals surface area contributed by atoms with Crippen molar-refractivity contribution in [3.8, 4) is 11.5 Å². The van der Waals surface area contributed by atoms with Gasteiger partial charge in [0.15, 0.2) is 5.75 Å². The Balaban J connectivity index is 1.41. The first-order chi connectivity index (χ1) is 14.7. The van der Waals surface area contributed by atoms with Gasteiger partial charge in [0, 0.05) is 30.6 Å². The van der Waals surface area contributed by atoms with Gasteiger partial charge in [0.1, 0.15) is 17.3 Å². The van der Waals surface area contributed by atoms with Gasteiger partial charge in [0.25, 0.3) is 0 Å². The number of ether oxygens (including phenoxy) is 1. The summed E-state index contributed by atoms with van der Waals surface area (Å²) in [6.07, 6.45) is 0.479. The van der Waals surface area contributed by atoms with Crippen LogP contribution in [0.15, 0.2) is 71.0 Å². The third kappa shape index (κ3) is 3.59. The van der Waals surface area contributed by atoms with Crippen LogP contribution in [-0.4, -0.2) is 47.2 Å². The van der Waals surface area contributed by atoms with Crippen LogP contribution in [0.1, 0.15) is 17.4 Å². The SMILES string of the molecule is C[C@H]1CN(C2=Nc3ccccc3Oc3ccccc32)CCN1C(=O)Cc1cccs1. The van der Waals surface area contributed by atoms with Crippen LogP contribution in [0, 0.1) is 0 Å². The standard InChI is InChI=1S/C24H23N3O2S/c1-17-16-26(12-13-27(17)23(28)15-18-7-6-14-30-18)24-19-8-2-4-10-21(19)29-22-11-5-3-9-20(22)25-24/h2-11,14,17H,12-13,15-16H2,1H3/t17-/m0/s1. The Hall–Kier alpha value is -3.12. The van der Waals surface area contributed by atoms with Gasteiger partial charge in [0.05, 0.1) is 12.0 Å². The number of hydrogen-bond donors (Lipinski definition) is 0. The summed E-state index contributed by atoms with van der Waals surface area (Å²) in [5, 5.41) is 2.02. The Kier molecular flexibility index (Phi) is 5.01. The molecule has 0 saturated carbocycles. The number of piperazine rings is 1. The minimum atomic E-state index is 0.112. The van der Waals surface area contributed by atoms with Gasteiger partial charge in [-0.15, -0.1) is 11.3 Å². The zero-order valence-electron chi connectivity index (χ0n) is 16.8. The number of nitrogens with zero attached hydrogens (tertiary/aromatic N) is 3. The molecule has 0 unspecified atom stereocenters. The van der Waals surface area contributed by atoms with E-state index < -0.39 is 0 Å². The number of carbonyl (C=O) groups is 1. The molecule has 2 aromatic carbocycles. The fraction of sp³-hybridized carbons (Fsp3) is 0.250. The zero-order chi connectivity index (χ0) is 20.5. The number of para-hydroxylation sites is 3. The van der Waals surface area contributed by atoms with E-state index in [1.54, 1.807) is 11.3 Å². The summed E-state index contributed by atoms with van der Waals surface area (Å²) in [5.41, 5.74) is 1.81. The van der Waals surface area contributed by atoms with Gasteiger partial charge >= 0.3 is 0 Å². The quantitative estimate of drug-likeness (QED) is 0.607. The number of amides is 1. The lowest BCUT2D eigenvalue weighted by Gasteiger charge is -2.41. The van der Waals surface area contributed by atoms with Crippen LogP contribution >= 0.6 is 11.3 Å². The summed E-state index contributed by atoms with van der Waals surface area (Å²) in [6, 6.07) is 20.0. The number of benzene rings is 2. The molecule has 1 atom stereocenters. The molecule has 3 aromatic rings. The molecule has 0 N–H and O–H groups in total. The largest absolute Gasteiger partial charge is 0.454 e. The van der Waals surface area contributed by atoms with Crippen LogP contribution in [0.3, 0.4) is 0 Å². The van der Waals surface area contributed by atoms with Crippen molar-refractivity contribution in [1.29, 1.82) is 0 Å². The van der Waals surface area contributed by atoms with Gasteiger partial charge in [-0.1, -0.05) is 30.3 Å². The van der Waals surface area contributed by atoms with E-state index in [0.717, 1.165) is 46.6 Å². The highest BCUT2D eigenvalue weighted by Crippen LogP contribution is 2.38. The van der Waals surface area contributed by atoms with Gasteiger partial charge in [0.2, 0.25) is 5.91 Å². The molecule has 6 heteroatoms. The monoisotopic (exact) mass is 417 g/mol. The van der Waals surface area contributed by atoms with Crippen molar-refractivity contribution in [1.82, 2.24) is 9.80 Å². The lowest BCUT2D eigenvalue weighted by Crippen LogP contribution is -2.55. The molecule has 2 aliphatic rings.